The molecule has 33 heavy (non-hydrogen) atoms. The third-order valence-corrected chi connectivity index (χ3v) is 7.42. The second-order valence-corrected chi connectivity index (χ2v) is 10.1. The van der Waals surface area contributed by atoms with Crippen molar-refractivity contribution in [3.8, 4) is 11.5 Å². The van der Waals surface area contributed by atoms with Crippen molar-refractivity contribution in [1.82, 2.24) is 14.8 Å². The highest BCUT2D eigenvalue weighted by Gasteiger charge is 2.26. The van der Waals surface area contributed by atoms with Gasteiger partial charge in [-0.3, -0.25) is 9.48 Å². The van der Waals surface area contributed by atoms with Crippen molar-refractivity contribution in [2.45, 2.75) is 31.7 Å². The van der Waals surface area contributed by atoms with Gasteiger partial charge in [-0.15, -0.1) is 0 Å². The number of aromatic nitrogens is 3. The van der Waals surface area contributed by atoms with Crippen molar-refractivity contribution in [2.75, 3.05) is 11.1 Å². The van der Waals surface area contributed by atoms with Crippen LogP contribution < -0.4 is 10.1 Å². The number of aryl methyl sites for hydroxylation is 3. The van der Waals surface area contributed by atoms with E-state index in [9.17, 15) is 13.2 Å². The van der Waals surface area contributed by atoms with Crippen LogP contribution in [0.3, 0.4) is 0 Å². The smallest absolute Gasteiger partial charge is 0.257 e. The Bertz CT molecular complexity index is 1490. The van der Waals surface area contributed by atoms with Gasteiger partial charge in [0, 0.05) is 24.5 Å². The van der Waals surface area contributed by atoms with Crippen LogP contribution in [-0.2, 0) is 22.8 Å². The summed E-state index contributed by atoms with van der Waals surface area (Å²) in [6.45, 7) is 4.57. The molecule has 9 heteroatoms. The van der Waals surface area contributed by atoms with E-state index in [1.807, 2.05) is 26.1 Å². The summed E-state index contributed by atoms with van der Waals surface area (Å²) in [5.74, 6) is 1.21. The van der Waals surface area contributed by atoms with Crippen molar-refractivity contribution in [1.29, 1.82) is 0 Å². The lowest BCUT2D eigenvalue weighted by atomic mass is 10.1. The highest BCUT2D eigenvalue weighted by atomic mass is 32.2. The minimum absolute atomic E-state index is 0.113. The molecule has 2 aromatic heterocycles. The van der Waals surface area contributed by atoms with E-state index < -0.39 is 9.84 Å². The Balaban J connectivity index is 1.51. The molecule has 1 N–H and O–H groups in total. The van der Waals surface area contributed by atoms with Gasteiger partial charge in [-0.25, -0.2) is 13.4 Å². The number of benzene rings is 2. The molecule has 1 amide bonds. The minimum atomic E-state index is -3.21. The molecule has 3 heterocycles. The summed E-state index contributed by atoms with van der Waals surface area (Å²) in [5.41, 5.74) is 2.75. The number of ether oxygens (including phenoxy) is 1. The molecule has 0 atom stereocenters. The molecule has 2 aromatic carbocycles. The van der Waals surface area contributed by atoms with E-state index in [0.717, 1.165) is 16.5 Å². The van der Waals surface area contributed by atoms with Crippen molar-refractivity contribution in [2.24, 2.45) is 0 Å². The van der Waals surface area contributed by atoms with E-state index in [-0.39, 0.29) is 11.7 Å². The van der Waals surface area contributed by atoms with Crippen molar-refractivity contribution in [3.05, 3.63) is 71.5 Å². The number of hydrogen-bond acceptors (Lipinski definition) is 6. The predicted octanol–water partition coefficient (Wildman–Crippen LogP) is 4.13. The van der Waals surface area contributed by atoms with Gasteiger partial charge >= 0.3 is 0 Å². The Morgan fingerprint density at radius 2 is 2.03 bits per heavy atom. The van der Waals surface area contributed by atoms with E-state index in [0.29, 0.717) is 46.3 Å². The largest absolute Gasteiger partial charge is 0.457 e. The highest BCUT2D eigenvalue weighted by molar-refractivity contribution is 7.91. The number of pyridine rings is 1. The fourth-order valence-corrected chi connectivity index (χ4v) is 5.39. The molecule has 0 unspecified atom stereocenters. The predicted molar refractivity (Wildman–Crippen MR) is 125 cm³/mol. The second-order valence-electron chi connectivity index (χ2n) is 8.01. The molecule has 0 saturated heterocycles. The molecule has 1 aliphatic rings. The first-order valence-corrected chi connectivity index (χ1v) is 12.3. The van der Waals surface area contributed by atoms with E-state index in [1.165, 1.54) is 0 Å². The van der Waals surface area contributed by atoms with Crippen LogP contribution in [0.1, 0.15) is 28.4 Å². The van der Waals surface area contributed by atoms with Crippen molar-refractivity contribution < 1.29 is 17.9 Å². The average Bonchev–Trinajstić information content (AvgIpc) is 3.35. The number of amides is 1. The summed E-state index contributed by atoms with van der Waals surface area (Å²) in [6, 6.07) is 12.0. The number of nitrogens with zero attached hydrogens (tertiary/aromatic N) is 3. The van der Waals surface area contributed by atoms with Crippen LogP contribution in [0.15, 0.2) is 59.8 Å². The van der Waals surface area contributed by atoms with Gasteiger partial charge in [0.15, 0.2) is 9.84 Å². The number of carbonyl (C=O) groups excluding carboxylic acids is 1. The van der Waals surface area contributed by atoms with E-state index >= 15 is 0 Å². The Hall–Kier alpha value is -3.72. The molecule has 4 aromatic rings. The number of sulfone groups is 1. The maximum atomic E-state index is 12.9. The fourth-order valence-electron chi connectivity index (χ4n) is 3.85. The molecule has 0 radical (unpaired) electrons. The molecule has 5 rings (SSSR count). The van der Waals surface area contributed by atoms with E-state index in [1.54, 1.807) is 47.3 Å². The van der Waals surface area contributed by atoms with Gasteiger partial charge < -0.3 is 10.1 Å². The first-order chi connectivity index (χ1) is 15.8. The van der Waals surface area contributed by atoms with Crippen LogP contribution in [-0.4, -0.2) is 34.8 Å². The maximum Gasteiger partial charge on any atom is 0.257 e. The van der Waals surface area contributed by atoms with Crippen molar-refractivity contribution >= 4 is 32.5 Å². The molecule has 0 saturated carbocycles. The third-order valence-electron chi connectivity index (χ3n) is 5.61. The van der Waals surface area contributed by atoms with Gasteiger partial charge in [0.25, 0.3) is 5.91 Å². The molecule has 1 aliphatic heterocycles. The first-order valence-electron chi connectivity index (χ1n) is 10.6. The Morgan fingerprint density at radius 1 is 1.18 bits per heavy atom. The standard InChI is InChI=1S/C24H22N4O4S/c1-3-28-14-19-20(27-28)11-17(24(29)26-23-7-4-15(2)13-25-23)12-21(19)32-18-5-6-22-16(10-18)8-9-33(22,30)31/h4-7,10-14H,3,8-9H2,1-2H3,(H,25,26,29). The van der Waals surface area contributed by atoms with Gasteiger partial charge in [0.05, 0.1) is 21.6 Å². The number of rotatable bonds is 5. The monoisotopic (exact) mass is 462 g/mol. The van der Waals surface area contributed by atoms with Crippen LogP contribution in [0.4, 0.5) is 5.82 Å². The maximum absolute atomic E-state index is 12.9. The summed E-state index contributed by atoms with van der Waals surface area (Å²) >= 11 is 0. The lowest BCUT2D eigenvalue weighted by Gasteiger charge is -2.11. The topological polar surface area (TPSA) is 103 Å². The lowest BCUT2D eigenvalue weighted by molar-refractivity contribution is 0.102. The first kappa shape index (κ1) is 21.1. The molecule has 0 bridgehead atoms. The molecule has 8 nitrogen and oxygen atoms in total. The lowest BCUT2D eigenvalue weighted by Crippen LogP contribution is -2.13. The third kappa shape index (κ3) is 4.07. The van der Waals surface area contributed by atoms with Gasteiger partial charge in [0.1, 0.15) is 17.3 Å². The number of anilines is 1. The van der Waals surface area contributed by atoms with Crippen LogP contribution in [0, 0.1) is 6.92 Å². The number of hydrogen-bond donors (Lipinski definition) is 1. The second kappa shape index (κ2) is 8.00. The summed E-state index contributed by atoms with van der Waals surface area (Å²) in [4.78, 5) is 17.5. The molecular weight excluding hydrogens is 440 g/mol. The molecule has 168 valence electrons. The highest BCUT2D eigenvalue weighted by Crippen LogP contribution is 2.35. The fraction of sp³-hybridized carbons (Fsp3) is 0.208. The summed E-state index contributed by atoms with van der Waals surface area (Å²) in [6.07, 6.45) is 4.01. The number of fused-ring (bicyclic) bond motifs is 2. The van der Waals surface area contributed by atoms with Gasteiger partial charge in [0.2, 0.25) is 0 Å². The van der Waals surface area contributed by atoms with Crippen LogP contribution in [0.25, 0.3) is 10.9 Å². The SMILES string of the molecule is CCn1cc2c(Oc3ccc4c(c3)CCS4(=O)=O)cc(C(=O)Nc3ccc(C)cn3)cc2n1. The zero-order chi connectivity index (χ0) is 23.2. The van der Waals surface area contributed by atoms with Crippen LogP contribution >= 0.6 is 0 Å². The summed E-state index contributed by atoms with van der Waals surface area (Å²) < 4.78 is 32.2. The van der Waals surface area contributed by atoms with Crippen LogP contribution in [0.5, 0.6) is 11.5 Å². The van der Waals surface area contributed by atoms with Gasteiger partial charge in [-0.1, -0.05) is 6.07 Å². The molecule has 0 spiro atoms. The Kier molecular flexibility index (Phi) is 5.13. The van der Waals surface area contributed by atoms with Gasteiger partial charge in [-0.05, 0) is 67.8 Å². The number of carbonyl (C=O) groups is 1. The van der Waals surface area contributed by atoms with Crippen LogP contribution in [0.2, 0.25) is 0 Å². The normalized spacial score (nSPS) is 14.2. The minimum Gasteiger partial charge on any atom is -0.457 e. The Labute approximate surface area is 191 Å². The molecular formula is C24H22N4O4S. The van der Waals surface area contributed by atoms with E-state index in [2.05, 4.69) is 15.4 Å². The zero-order valence-electron chi connectivity index (χ0n) is 18.2. The Morgan fingerprint density at radius 3 is 2.79 bits per heavy atom. The van der Waals surface area contributed by atoms with E-state index in [4.69, 9.17) is 4.74 Å². The number of nitrogens with one attached hydrogen (secondary N) is 1. The van der Waals surface area contributed by atoms with Crippen molar-refractivity contribution in [3.63, 3.8) is 0 Å². The summed E-state index contributed by atoms with van der Waals surface area (Å²) in [5, 5.41) is 8.09. The summed E-state index contributed by atoms with van der Waals surface area (Å²) in [7, 11) is -3.21. The molecule has 0 fully saturated rings. The van der Waals surface area contributed by atoms with Gasteiger partial charge in [-0.2, -0.15) is 5.10 Å². The quantitative estimate of drug-likeness (QED) is 0.478. The average molecular weight is 463 g/mol. The zero-order valence-corrected chi connectivity index (χ0v) is 19.0. The molecule has 0 aliphatic carbocycles.